The van der Waals surface area contributed by atoms with Crippen LogP contribution in [0.1, 0.15) is 5.56 Å². The van der Waals surface area contributed by atoms with Crippen molar-refractivity contribution in [3.05, 3.63) is 36.0 Å². The Labute approximate surface area is 119 Å². The number of aryl methyl sites for hydroxylation is 2. The van der Waals surface area contributed by atoms with Gasteiger partial charge in [-0.25, -0.2) is 0 Å². The highest BCUT2D eigenvalue weighted by molar-refractivity contribution is 5.72. The molecule has 1 aromatic carbocycles. The minimum absolute atomic E-state index is 0.805. The Balaban J connectivity index is 1.98. The van der Waals surface area contributed by atoms with Gasteiger partial charge in [0.1, 0.15) is 0 Å². The lowest BCUT2D eigenvalue weighted by atomic mass is 10.0. The number of morpholine rings is 1. The molecule has 1 saturated heterocycles. The number of hydrogen-bond acceptors (Lipinski definition) is 3. The van der Waals surface area contributed by atoms with E-state index >= 15 is 0 Å². The van der Waals surface area contributed by atoms with Crippen molar-refractivity contribution in [3.63, 3.8) is 0 Å². The second-order valence-electron chi connectivity index (χ2n) is 5.37. The molecule has 3 rings (SSSR count). The van der Waals surface area contributed by atoms with Gasteiger partial charge in [0.15, 0.2) is 0 Å². The van der Waals surface area contributed by atoms with E-state index in [1.807, 2.05) is 12.1 Å². The van der Waals surface area contributed by atoms with Crippen LogP contribution >= 0.6 is 0 Å². The maximum atomic E-state index is 5.93. The number of nitrogens with two attached hydrogens (primary N) is 1. The number of anilines is 2. The van der Waals surface area contributed by atoms with E-state index in [1.165, 1.54) is 22.5 Å². The predicted octanol–water partition coefficient (Wildman–Crippen LogP) is 2.42. The highest BCUT2D eigenvalue weighted by Gasteiger charge is 2.15. The minimum atomic E-state index is 0.805. The summed E-state index contributed by atoms with van der Waals surface area (Å²) in [4.78, 5) is 2.37. The smallest absolute Gasteiger partial charge is 0.0642 e. The molecule has 2 heterocycles. The zero-order chi connectivity index (χ0) is 14.1. The topological polar surface area (TPSA) is 43.4 Å². The van der Waals surface area contributed by atoms with Gasteiger partial charge in [-0.3, -0.25) is 0 Å². The van der Waals surface area contributed by atoms with Gasteiger partial charge in [-0.1, -0.05) is 6.07 Å². The molecule has 1 aromatic heterocycles. The molecule has 2 aromatic rings. The second-order valence-corrected chi connectivity index (χ2v) is 5.37. The molecule has 0 amide bonds. The maximum Gasteiger partial charge on any atom is 0.0642 e. The van der Waals surface area contributed by atoms with Crippen LogP contribution in [0.25, 0.3) is 11.3 Å². The molecule has 1 aliphatic heterocycles. The Morgan fingerprint density at radius 2 is 1.90 bits per heavy atom. The summed E-state index contributed by atoms with van der Waals surface area (Å²) < 4.78 is 7.59. The first kappa shape index (κ1) is 13.1. The van der Waals surface area contributed by atoms with E-state index in [9.17, 15) is 0 Å². The Hall–Kier alpha value is -1.94. The van der Waals surface area contributed by atoms with Crippen molar-refractivity contribution < 1.29 is 4.74 Å². The van der Waals surface area contributed by atoms with E-state index in [4.69, 9.17) is 10.5 Å². The summed E-state index contributed by atoms with van der Waals surface area (Å²) in [6.07, 6.45) is 2.18. The van der Waals surface area contributed by atoms with Crippen LogP contribution in [0.15, 0.2) is 30.5 Å². The molecule has 0 aliphatic carbocycles. The maximum absolute atomic E-state index is 5.93. The van der Waals surface area contributed by atoms with Crippen molar-refractivity contribution in [3.8, 4) is 11.3 Å². The summed E-state index contributed by atoms with van der Waals surface area (Å²) in [6, 6.07) is 8.32. The monoisotopic (exact) mass is 271 g/mol. The van der Waals surface area contributed by atoms with Gasteiger partial charge in [0.25, 0.3) is 0 Å². The summed E-state index contributed by atoms with van der Waals surface area (Å²) >= 11 is 0. The van der Waals surface area contributed by atoms with Crippen molar-refractivity contribution in [2.75, 3.05) is 36.9 Å². The van der Waals surface area contributed by atoms with Gasteiger partial charge in [0.2, 0.25) is 0 Å². The van der Waals surface area contributed by atoms with Gasteiger partial charge in [0.05, 0.1) is 24.6 Å². The van der Waals surface area contributed by atoms with Crippen molar-refractivity contribution in [2.24, 2.45) is 7.05 Å². The van der Waals surface area contributed by atoms with E-state index in [1.54, 1.807) is 0 Å². The quantitative estimate of drug-likeness (QED) is 0.853. The van der Waals surface area contributed by atoms with Crippen LogP contribution in [0.2, 0.25) is 0 Å². The standard InChI is InChI=1S/C16H21N3O/c1-12-3-4-13(17)9-15(12)16-10-14(11-18(16)2)19-5-7-20-8-6-19/h3-4,9-11H,5-8,17H2,1-2H3. The SMILES string of the molecule is Cc1ccc(N)cc1-c1cc(N2CCOCC2)cn1C. The number of aromatic nitrogens is 1. The summed E-state index contributed by atoms with van der Waals surface area (Å²) in [5, 5.41) is 0. The molecular formula is C16H21N3O. The summed E-state index contributed by atoms with van der Waals surface area (Å²) in [6.45, 7) is 5.65. The first-order chi connectivity index (χ1) is 9.65. The molecule has 0 bridgehead atoms. The zero-order valence-corrected chi connectivity index (χ0v) is 12.1. The average Bonchev–Trinajstić information content (AvgIpc) is 2.84. The Morgan fingerprint density at radius 1 is 1.15 bits per heavy atom. The molecule has 20 heavy (non-hydrogen) atoms. The molecule has 0 spiro atoms. The van der Waals surface area contributed by atoms with E-state index in [0.717, 1.165) is 32.0 Å². The van der Waals surface area contributed by atoms with Crippen LogP contribution in [0, 0.1) is 6.92 Å². The fourth-order valence-corrected chi connectivity index (χ4v) is 2.72. The average molecular weight is 271 g/mol. The van der Waals surface area contributed by atoms with Crippen molar-refractivity contribution >= 4 is 11.4 Å². The van der Waals surface area contributed by atoms with Gasteiger partial charge >= 0.3 is 0 Å². The molecule has 1 aliphatic rings. The van der Waals surface area contributed by atoms with Crippen LogP contribution in [0.3, 0.4) is 0 Å². The van der Waals surface area contributed by atoms with Crippen LogP contribution in [-0.4, -0.2) is 30.9 Å². The van der Waals surface area contributed by atoms with Gasteiger partial charge in [-0.2, -0.15) is 0 Å². The summed E-state index contributed by atoms with van der Waals surface area (Å²) in [7, 11) is 2.09. The molecule has 0 atom stereocenters. The fraction of sp³-hybridized carbons (Fsp3) is 0.375. The molecule has 2 N–H and O–H groups in total. The van der Waals surface area contributed by atoms with E-state index in [0.29, 0.717) is 0 Å². The van der Waals surface area contributed by atoms with E-state index in [-0.39, 0.29) is 0 Å². The molecule has 106 valence electrons. The lowest BCUT2D eigenvalue weighted by Crippen LogP contribution is -2.35. The third-order valence-corrected chi connectivity index (χ3v) is 3.90. The predicted molar refractivity (Wildman–Crippen MR) is 83.0 cm³/mol. The van der Waals surface area contributed by atoms with E-state index in [2.05, 4.69) is 41.8 Å². The van der Waals surface area contributed by atoms with Crippen LogP contribution < -0.4 is 10.6 Å². The molecule has 1 fully saturated rings. The molecule has 0 radical (unpaired) electrons. The zero-order valence-electron chi connectivity index (χ0n) is 12.1. The minimum Gasteiger partial charge on any atom is -0.399 e. The van der Waals surface area contributed by atoms with Gasteiger partial charge in [0, 0.05) is 37.6 Å². The number of hydrogen-bond donors (Lipinski definition) is 1. The largest absolute Gasteiger partial charge is 0.399 e. The molecule has 4 heteroatoms. The first-order valence-electron chi connectivity index (χ1n) is 7.01. The lowest BCUT2D eigenvalue weighted by Gasteiger charge is -2.27. The molecule has 0 unspecified atom stereocenters. The number of ether oxygens (including phenoxy) is 1. The second kappa shape index (κ2) is 5.21. The fourth-order valence-electron chi connectivity index (χ4n) is 2.72. The van der Waals surface area contributed by atoms with Crippen molar-refractivity contribution in [2.45, 2.75) is 6.92 Å². The highest BCUT2D eigenvalue weighted by atomic mass is 16.5. The van der Waals surface area contributed by atoms with Gasteiger partial charge in [-0.15, -0.1) is 0 Å². The molecule has 0 saturated carbocycles. The van der Waals surface area contributed by atoms with Crippen LogP contribution in [-0.2, 0) is 11.8 Å². The number of benzene rings is 1. The normalized spacial score (nSPS) is 15.6. The van der Waals surface area contributed by atoms with Crippen LogP contribution in [0.4, 0.5) is 11.4 Å². The van der Waals surface area contributed by atoms with Crippen molar-refractivity contribution in [1.82, 2.24) is 4.57 Å². The highest BCUT2D eigenvalue weighted by Crippen LogP contribution is 2.30. The Bertz CT molecular complexity index is 612. The van der Waals surface area contributed by atoms with E-state index < -0.39 is 0 Å². The Kier molecular flexibility index (Phi) is 3.40. The Morgan fingerprint density at radius 3 is 2.65 bits per heavy atom. The number of nitrogens with zero attached hydrogens (tertiary/aromatic N) is 2. The van der Waals surface area contributed by atoms with Crippen LogP contribution in [0.5, 0.6) is 0 Å². The van der Waals surface area contributed by atoms with Crippen molar-refractivity contribution in [1.29, 1.82) is 0 Å². The number of rotatable bonds is 2. The lowest BCUT2D eigenvalue weighted by molar-refractivity contribution is 0.122. The molecular weight excluding hydrogens is 250 g/mol. The summed E-state index contributed by atoms with van der Waals surface area (Å²) in [5.41, 5.74) is 11.6. The summed E-state index contributed by atoms with van der Waals surface area (Å²) in [5.74, 6) is 0. The number of nitrogen functional groups attached to an aromatic ring is 1. The molecule has 4 nitrogen and oxygen atoms in total. The third-order valence-electron chi connectivity index (χ3n) is 3.90. The third kappa shape index (κ3) is 2.39. The van der Waals surface area contributed by atoms with Gasteiger partial charge < -0.3 is 19.9 Å². The van der Waals surface area contributed by atoms with Gasteiger partial charge in [-0.05, 0) is 30.7 Å². The first-order valence-corrected chi connectivity index (χ1v) is 7.01.